The van der Waals surface area contributed by atoms with Crippen LogP contribution in [0.4, 0.5) is 5.95 Å². The summed E-state index contributed by atoms with van der Waals surface area (Å²) in [4.78, 5) is 10.9. The smallest absolute Gasteiger partial charge is 0.226 e. The third kappa shape index (κ3) is 4.01. The minimum atomic E-state index is 0.194. The molecule has 1 aromatic rings. The summed E-state index contributed by atoms with van der Waals surface area (Å²) in [5.74, 6) is 0.916. The second-order valence-electron chi connectivity index (χ2n) is 4.51. The Labute approximate surface area is 103 Å². The lowest BCUT2D eigenvalue weighted by molar-refractivity contribution is 0.664. The lowest BCUT2D eigenvalue weighted by Gasteiger charge is -2.27. The molecule has 0 amide bonds. The SMILES string of the molecule is Cc1cc(C)nc(N(CCC(=N)N)C(C)C)n1. The van der Waals surface area contributed by atoms with Crippen LogP contribution in [0.5, 0.6) is 0 Å². The lowest BCUT2D eigenvalue weighted by Crippen LogP contribution is -2.35. The maximum absolute atomic E-state index is 7.29. The summed E-state index contributed by atoms with van der Waals surface area (Å²) in [5.41, 5.74) is 7.31. The van der Waals surface area contributed by atoms with Crippen molar-refractivity contribution in [2.75, 3.05) is 11.4 Å². The van der Waals surface area contributed by atoms with Gasteiger partial charge in [0.2, 0.25) is 5.95 Å². The van der Waals surface area contributed by atoms with Crippen molar-refractivity contribution in [1.29, 1.82) is 5.41 Å². The van der Waals surface area contributed by atoms with Crippen LogP contribution in [0.1, 0.15) is 31.7 Å². The third-order valence-corrected chi connectivity index (χ3v) is 2.47. The normalized spacial score (nSPS) is 10.6. The first-order chi connectivity index (χ1) is 7.90. The van der Waals surface area contributed by atoms with Gasteiger partial charge in [-0.3, -0.25) is 5.41 Å². The van der Waals surface area contributed by atoms with E-state index >= 15 is 0 Å². The largest absolute Gasteiger partial charge is 0.388 e. The molecule has 0 aliphatic carbocycles. The van der Waals surface area contributed by atoms with Gasteiger partial charge in [0, 0.05) is 30.4 Å². The first kappa shape index (κ1) is 13.4. The van der Waals surface area contributed by atoms with Gasteiger partial charge in [0.25, 0.3) is 0 Å². The maximum Gasteiger partial charge on any atom is 0.226 e. The van der Waals surface area contributed by atoms with Crippen molar-refractivity contribution in [3.8, 4) is 0 Å². The van der Waals surface area contributed by atoms with E-state index in [2.05, 4.69) is 28.7 Å². The van der Waals surface area contributed by atoms with E-state index < -0.39 is 0 Å². The summed E-state index contributed by atoms with van der Waals surface area (Å²) in [6.07, 6.45) is 0.536. The van der Waals surface area contributed by atoms with E-state index in [0.29, 0.717) is 13.0 Å². The number of aryl methyl sites for hydroxylation is 2. The second kappa shape index (κ2) is 5.61. The van der Waals surface area contributed by atoms with Crippen molar-refractivity contribution in [2.45, 2.75) is 40.2 Å². The fraction of sp³-hybridized carbons (Fsp3) is 0.583. The van der Waals surface area contributed by atoms with Crippen molar-refractivity contribution >= 4 is 11.8 Å². The van der Waals surface area contributed by atoms with E-state index in [9.17, 15) is 0 Å². The van der Waals surface area contributed by atoms with Crippen LogP contribution in [0.15, 0.2) is 6.07 Å². The Morgan fingerprint density at radius 3 is 2.29 bits per heavy atom. The van der Waals surface area contributed by atoms with Crippen LogP contribution >= 0.6 is 0 Å². The number of amidine groups is 1. The lowest BCUT2D eigenvalue weighted by atomic mass is 10.3. The Bertz CT molecular complexity index is 380. The van der Waals surface area contributed by atoms with Crippen LogP contribution in [0.3, 0.4) is 0 Å². The Morgan fingerprint density at radius 1 is 1.35 bits per heavy atom. The summed E-state index contributed by atoms with van der Waals surface area (Å²) in [6.45, 7) is 8.77. The van der Waals surface area contributed by atoms with E-state index in [1.807, 2.05) is 19.9 Å². The molecule has 3 N–H and O–H groups in total. The number of aromatic nitrogens is 2. The van der Waals surface area contributed by atoms with Crippen LogP contribution in [0, 0.1) is 19.3 Å². The zero-order chi connectivity index (χ0) is 13.0. The fourth-order valence-corrected chi connectivity index (χ4v) is 1.67. The number of nitrogens with zero attached hydrogens (tertiary/aromatic N) is 3. The Hall–Kier alpha value is -1.65. The fourth-order valence-electron chi connectivity index (χ4n) is 1.67. The molecular weight excluding hydrogens is 214 g/mol. The van der Waals surface area contributed by atoms with Gasteiger partial charge in [-0.25, -0.2) is 9.97 Å². The predicted molar refractivity (Wildman–Crippen MR) is 70.5 cm³/mol. The Kier molecular flexibility index (Phi) is 4.43. The van der Waals surface area contributed by atoms with Crippen LogP contribution in [-0.2, 0) is 0 Å². The molecule has 0 aromatic carbocycles. The highest BCUT2D eigenvalue weighted by atomic mass is 15.3. The maximum atomic E-state index is 7.29. The van der Waals surface area contributed by atoms with Gasteiger partial charge in [0.15, 0.2) is 0 Å². The molecule has 0 radical (unpaired) electrons. The van der Waals surface area contributed by atoms with Gasteiger partial charge in [-0.2, -0.15) is 0 Å². The molecule has 1 aromatic heterocycles. The summed E-state index contributed by atoms with van der Waals surface area (Å²) in [5, 5.41) is 7.29. The first-order valence-electron chi connectivity index (χ1n) is 5.82. The average molecular weight is 235 g/mol. The molecule has 0 unspecified atom stereocenters. The van der Waals surface area contributed by atoms with E-state index in [1.54, 1.807) is 0 Å². The van der Waals surface area contributed by atoms with Gasteiger partial charge in [0.1, 0.15) is 0 Å². The van der Waals surface area contributed by atoms with Crippen molar-refractivity contribution in [3.63, 3.8) is 0 Å². The van der Waals surface area contributed by atoms with Gasteiger partial charge in [-0.05, 0) is 33.8 Å². The molecular formula is C12H21N5. The topological polar surface area (TPSA) is 78.9 Å². The van der Waals surface area contributed by atoms with E-state index in [4.69, 9.17) is 11.1 Å². The third-order valence-electron chi connectivity index (χ3n) is 2.47. The standard InChI is InChI=1S/C12H21N5/c1-8(2)17(6-5-11(13)14)12-15-9(3)7-10(4)16-12/h7-8H,5-6H2,1-4H3,(H3,13,14). The number of hydrogen-bond donors (Lipinski definition) is 2. The van der Waals surface area contributed by atoms with E-state index in [-0.39, 0.29) is 11.9 Å². The summed E-state index contributed by atoms with van der Waals surface area (Å²) in [6, 6.07) is 2.24. The molecule has 0 saturated carbocycles. The predicted octanol–water partition coefficient (Wildman–Crippen LogP) is 1.63. The molecule has 0 fully saturated rings. The van der Waals surface area contributed by atoms with Gasteiger partial charge in [0.05, 0.1) is 5.84 Å². The van der Waals surface area contributed by atoms with E-state index in [0.717, 1.165) is 17.3 Å². The zero-order valence-corrected chi connectivity index (χ0v) is 11.0. The van der Waals surface area contributed by atoms with Crippen molar-refractivity contribution in [1.82, 2.24) is 9.97 Å². The van der Waals surface area contributed by atoms with Crippen molar-refractivity contribution in [2.24, 2.45) is 5.73 Å². The van der Waals surface area contributed by atoms with Crippen LogP contribution in [-0.4, -0.2) is 28.4 Å². The number of anilines is 1. The molecule has 5 nitrogen and oxygen atoms in total. The second-order valence-corrected chi connectivity index (χ2v) is 4.51. The number of hydrogen-bond acceptors (Lipinski definition) is 4. The summed E-state index contributed by atoms with van der Waals surface area (Å²) < 4.78 is 0. The minimum Gasteiger partial charge on any atom is -0.388 e. The molecule has 1 heterocycles. The molecule has 5 heteroatoms. The number of rotatable bonds is 5. The van der Waals surface area contributed by atoms with Gasteiger partial charge >= 0.3 is 0 Å². The van der Waals surface area contributed by atoms with Crippen LogP contribution in [0.2, 0.25) is 0 Å². The molecule has 0 saturated heterocycles. The van der Waals surface area contributed by atoms with Gasteiger partial charge in [-0.15, -0.1) is 0 Å². The monoisotopic (exact) mass is 235 g/mol. The molecule has 17 heavy (non-hydrogen) atoms. The van der Waals surface area contributed by atoms with Gasteiger partial charge < -0.3 is 10.6 Å². The molecule has 0 bridgehead atoms. The average Bonchev–Trinajstić information content (AvgIpc) is 2.14. The quantitative estimate of drug-likeness (QED) is 0.600. The Morgan fingerprint density at radius 2 is 1.88 bits per heavy atom. The Balaban J connectivity index is 2.92. The highest BCUT2D eigenvalue weighted by Crippen LogP contribution is 2.13. The van der Waals surface area contributed by atoms with Crippen molar-refractivity contribution < 1.29 is 0 Å². The first-order valence-corrected chi connectivity index (χ1v) is 5.82. The molecule has 0 aliphatic heterocycles. The molecule has 0 atom stereocenters. The molecule has 0 aliphatic rings. The number of nitrogens with two attached hydrogens (primary N) is 1. The molecule has 1 rings (SSSR count). The molecule has 0 spiro atoms. The van der Waals surface area contributed by atoms with Crippen molar-refractivity contribution in [3.05, 3.63) is 17.5 Å². The minimum absolute atomic E-state index is 0.194. The highest BCUT2D eigenvalue weighted by Gasteiger charge is 2.14. The van der Waals surface area contributed by atoms with E-state index in [1.165, 1.54) is 0 Å². The van der Waals surface area contributed by atoms with Crippen LogP contribution in [0.25, 0.3) is 0 Å². The van der Waals surface area contributed by atoms with Crippen LogP contribution < -0.4 is 10.6 Å². The molecule has 94 valence electrons. The van der Waals surface area contributed by atoms with Gasteiger partial charge in [-0.1, -0.05) is 0 Å². The zero-order valence-electron chi connectivity index (χ0n) is 11.0. The number of nitrogens with one attached hydrogen (secondary N) is 1. The highest BCUT2D eigenvalue weighted by molar-refractivity contribution is 5.77. The summed E-state index contributed by atoms with van der Waals surface area (Å²) in [7, 11) is 0. The summed E-state index contributed by atoms with van der Waals surface area (Å²) >= 11 is 0.